The third-order valence-electron chi connectivity index (χ3n) is 2.24. The number of halogens is 4. The van der Waals surface area contributed by atoms with E-state index in [1.54, 1.807) is 0 Å². The first kappa shape index (κ1) is 13.7. The number of alkyl halides is 4. The number of aliphatic hydroxyl groups excluding tert-OH is 1. The molecule has 0 aromatic carbocycles. The Morgan fingerprint density at radius 3 is 2.31 bits per heavy atom. The van der Waals surface area contributed by atoms with Gasteiger partial charge in [-0.1, -0.05) is 0 Å². The summed E-state index contributed by atoms with van der Waals surface area (Å²) in [5.41, 5.74) is 0. The standard InChI is InChI=1S/C7H11F4NO3S/c8-6(9)7(10,11)3-12-4-1-16(14,15)2-5(4)13/h4-6,12-13H,1-3H2. The van der Waals surface area contributed by atoms with E-state index in [9.17, 15) is 31.1 Å². The number of nitrogens with one attached hydrogen (secondary N) is 1. The number of hydrogen-bond donors (Lipinski definition) is 2. The van der Waals surface area contributed by atoms with Crippen LogP contribution in [0.25, 0.3) is 0 Å². The average molecular weight is 265 g/mol. The van der Waals surface area contributed by atoms with Gasteiger partial charge in [0.2, 0.25) is 0 Å². The molecule has 0 spiro atoms. The molecule has 0 radical (unpaired) electrons. The van der Waals surface area contributed by atoms with Crippen LogP contribution in [0.15, 0.2) is 0 Å². The van der Waals surface area contributed by atoms with Crippen molar-refractivity contribution in [3.05, 3.63) is 0 Å². The van der Waals surface area contributed by atoms with Gasteiger partial charge in [-0.25, -0.2) is 17.2 Å². The van der Waals surface area contributed by atoms with E-state index in [1.165, 1.54) is 0 Å². The van der Waals surface area contributed by atoms with Crippen molar-refractivity contribution < 1.29 is 31.1 Å². The lowest BCUT2D eigenvalue weighted by Crippen LogP contribution is -2.47. The Morgan fingerprint density at radius 2 is 1.94 bits per heavy atom. The van der Waals surface area contributed by atoms with Crippen LogP contribution in [0, 0.1) is 0 Å². The highest BCUT2D eigenvalue weighted by molar-refractivity contribution is 7.91. The zero-order chi connectivity index (χ0) is 12.6. The van der Waals surface area contributed by atoms with Gasteiger partial charge in [0, 0.05) is 6.04 Å². The zero-order valence-electron chi connectivity index (χ0n) is 8.04. The molecule has 0 aliphatic carbocycles. The third kappa shape index (κ3) is 3.29. The lowest BCUT2D eigenvalue weighted by Gasteiger charge is -2.20. The molecule has 4 nitrogen and oxygen atoms in total. The first-order valence-corrected chi connectivity index (χ1v) is 6.24. The molecular weight excluding hydrogens is 254 g/mol. The molecule has 0 saturated carbocycles. The first-order chi connectivity index (χ1) is 7.14. The zero-order valence-corrected chi connectivity index (χ0v) is 8.85. The molecule has 2 atom stereocenters. The van der Waals surface area contributed by atoms with E-state index in [2.05, 4.69) is 0 Å². The Hall–Kier alpha value is -0.410. The number of rotatable bonds is 4. The summed E-state index contributed by atoms with van der Waals surface area (Å²) in [5, 5.41) is 11.1. The van der Waals surface area contributed by atoms with Crippen LogP contribution >= 0.6 is 0 Å². The Morgan fingerprint density at radius 1 is 1.38 bits per heavy atom. The van der Waals surface area contributed by atoms with Crippen molar-refractivity contribution in [1.29, 1.82) is 0 Å². The van der Waals surface area contributed by atoms with E-state index in [0.717, 1.165) is 0 Å². The van der Waals surface area contributed by atoms with Crippen LogP contribution in [0.4, 0.5) is 17.6 Å². The van der Waals surface area contributed by atoms with Gasteiger partial charge in [0.1, 0.15) is 0 Å². The SMILES string of the molecule is O=S1(=O)CC(O)C(NCC(F)(F)C(F)F)C1. The number of hydrogen-bond acceptors (Lipinski definition) is 4. The van der Waals surface area contributed by atoms with Crippen LogP contribution in [0.5, 0.6) is 0 Å². The van der Waals surface area contributed by atoms with E-state index in [1.807, 2.05) is 5.32 Å². The van der Waals surface area contributed by atoms with Crippen LogP contribution < -0.4 is 5.32 Å². The maximum absolute atomic E-state index is 12.5. The molecule has 1 rings (SSSR count). The monoisotopic (exact) mass is 265 g/mol. The van der Waals surface area contributed by atoms with Crippen molar-refractivity contribution in [1.82, 2.24) is 5.32 Å². The molecule has 0 aromatic rings. The average Bonchev–Trinajstić information content (AvgIpc) is 2.36. The molecule has 1 saturated heterocycles. The quantitative estimate of drug-likeness (QED) is 0.681. The van der Waals surface area contributed by atoms with E-state index >= 15 is 0 Å². The summed E-state index contributed by atoms with van der Waals surface area (Å²) in [6.45, 7) is -1.36. The molecule has 0 aromatic heterocycles. The molecule has 0 bridgehead atoms. The molecule has 1 heterocycles. The Bertz CT molecular complexity index is 346. The fourth-order valence-electron chi connectivity index (χ4n) is 1.37. The van der Waals surface area contributed by atoms with Gasteiger partial charge in [-0.2, -0.15) is 8.78 Å². The molecule has 96 valence electrons. The fourth-order valence-corrected chi connectivity index (χ4v) is 3.14. The molecule has 2 unspecified atom stereocenters. The predicted molar refractivity (Wildman–Crippen MR) is 47.4 cm³/mol. The summed E-state index contributed by atoms with van der Waals surface area (Å²) in [5.74, 6) is -5.29. The van der Waals surface area contributed by atoms with Gasteiger partial charge < -0.3 is 10.4 Å². The van der Waals surface area contributed by atoms with Crippen molar-refractivity contribution >= 4 is 9.84 Å². The largest absolute Gasteiger partial charge is 0.390 e. The Labute approximate surface area is 89.6 Å². The van der Waals surface area contributed by atoms with Crippen LogP contribution in [0.3, 0.4) is 0 Å². The normalized spacial score (nSPS) is 29.9. The van der Waals surface area contributed by atoms with Gasteiger partial charge in [0.05, 0.1) is 24.2 Å². The minimum Gasteiger partial charge on any atom is -0.390 e. The number of aliphatic hydroxyl groups is 1. The van der Waals surface area contributed by atoms with Gasteiger partial charge in [0.15, 0.2) is 9.84 Å². The van der Waals surface area contributed by atoms with Gasteiger partial charge >= 0.3 is 12.3 Å². The van der Waals surface area contributed by atoms with Crippen LogP contribution in [-0.4, -0.2) is 56.1 Å². The second-order valence-corrected chi connectivity index (χ2v) is 5.85. The topological polar surface area (TPSA) is 66.4 Å². The summed E-state index contributed by atoms with van der Waals surface area (Å²) >= 11 is 0. The van der Waals surface area contributed by atoms with E-state index < -0.39 is 52.4 Å². The fraction of sp³-hybridized carbons (Fsp3) is 1.00. The smallest absolute Gasteiger partial charge is 0.319 e. The first-order valence-electron chi connectivity index (χ1n) is 4.42. The van der Waals surface area contributed by atoms with E-state index in [4.69, 9.17) is 0 Å². The lowest BCUT2D eigenvalue weighted by atomic mass is 10.2. The molecule has 1 fully saturated rings. The summed E-state index contributed by atoms with van der Waals surface area (Å²) < 4.78 is 70.4. The van der Waals surface area contributed by atoms with Gasteiger partial charge in [-0.05, 0) is 0 Å². The van der Waals surface area contributed by atoms with Crippen molar-refractivity contribution in [3.63, 3.8) is 0 Å². The highest BCUT2D eigenvalue weighted by atomic mass is 32.2. The van der Waals surface area contributed by atoms with Crippen LogP contribution in [0.1, 0.15) is 0 Å². The van der Waals surface area contributed by atoms with Crippen molar-refractivity contribution in [2.45, 2.75) is 24.5 Å². The molecule has 0 amide bonds. The van der Waals surface area contributed by atoms with Crippen LogP contribution in [-0.2, 0) is 9.84 Å². The molecular formula is C7H11F4NO3S. The Balaban J connectivity index is 2.51. The lowest BCUT2D eigenvalue weighted by molar-refractivity contribution is -0.126. The molecule has 9 heteroatoms. The van der Waals surface area contributed by atoms with Crippen LogP contribution in [0.2, 0.25) is 0 Å². The maximum atomic E-state index is 12.5. The van der Waals surface area contributed by atoms with Gasteiger partial charge in [-0.3, -0.25) is 0 Å². The summed E-state index contributed by atoms with van der Waals surface area (Å²) in [6.07, 6.45) is -5.16. The molecule has 1 aliphatic heterocycles. The molecule has 16 heavy (non-hydrogen) atoms. The third-order valence-corrected chi connectivity index (χ3v) is 3.96. The van der Waals surface area contributed by atoms with Crippen molar-refractivity contribution in [2.75, 3.05) is 18.1 Å². The van der Waals surface area contributed by atoms with Gasteiger partial charge in [-0.15, -0.1) is 0 Å². The highest BCUT2D eigenvalue weighted by Crippen LogP contribution is 2.22. The second-order valence-electron chi connectivity index (χ2n) is 3.69. The predicted octanol–water partition coefficient (Wildman–Crippen LogP) is -0.366. The van der Waals surface area contributed by atoms with Crippen molar-refractivity contribution in [3.8, 4) is 0 Å². The van der Waals surface area contributed by atoms with Gasteiger partial charge in [0.25, 0.3) is 0 Å². The Kier molecular flexibility index (Phi) is 3.80. The summed E-state index contributed by atoms with van der Waals surface area (Å²) in [7, 11) is -3.48. The summed E-state index contributed by atoms with van der Waals surface area (Å²) in [6, 6.07) is -1.12. The van der Waals surface area contributed by atoms with E-state index in [0.29, 0.717) is 0 Å². The second kappa shape index (κ2) is 4.46. The van der Waals surface area contributed by atoms with E-state index in [-0.39, 0.29) is 0 Å². The maximum Gasteiger partial charge on any atom is 0.319 e. The van der Waals surface area contributed by atoms with Crippen molar-refractivity contribution in [2.24, 2.45) is 0 Å². The molecule has 1 aliphatic rings. The minimum atomic E-state index is -4.23. The minimum absolute atomic E-state index is 0.520. The number of sulfone groups is 1. The highest BCUT2D eigenvalue weighted by Gasteiger charge is 2.43. The molecule has 2 N–H and O–H groups in total. The summed E-state index contributed by atoms with van der Waals surface area (Å²) in [4.78, 5) is 0.